The van der Waals surface area contributed by atoms with Crippen LogP contribution in [0.3, 0.4) is 0 Å². The van der Waals surface area contributed by atoms with Gasteiger partial charge in [-0.05, 0) is 42.5 Å². The average Bonchev–Trinajstić information content (AvgIpc) is 3.04. The van der Waals surface area contributed by atoms with Gasteiger partial charge in [0.25, 0.3) is 0 Å². The number of halogens is 3. The summed E-state index contributed by atoms with van der Waals surface area (Å²) in [6.07, 6.45) is 5.49. The van der Waals surface area contributed by atoms with E-state index >= 15 is 0 Å². The summed E-state index contributed by atoms with van der Waals surface area (Å²) in [4.78, 5) is 2.67. The molecule has 0 amide bonds. The van der Waals surface area contributed by atoms with Gasteiger partial charge in [0.1, 0.15) is 5.75 Å². The first-order valence-electron chi connectivity index (χ1n) is 8.08. The SMILES string of the molecule is COc1ccc(Br)c([C@H](C2CCCC2)N2CCNCC2)c1.Cl.Cl. The van der Waals surface area contributed by atoms with Crippen molar-refractivity contribution in [3.8, 4) is 5.75 Å². The number of ether oxygens (including phenoxy) is 1. The highest BCUT2D eigenvalue weighted by Gasteiger charge is 2.33. The first kappa shape index (κ1) is 21.0. The second kappa shape index (κ2) is 10.1. The fourth-order valence-corrected chi connectivity index (χ4v) is 4.34. The maximum absolute atomic E-state index is 5.46. The summed E-state index contributed by atoms with van der Waals surface area (Å²) in [5.74, 6) is 1.75. The van der Waals surface area contributed by atoms with Crippen molar-refractivity contribution < 1.29 is 4.74 Å². The maximum atomic E-state index is 5.46. The van der Waals surface area contributed by atoms with Crippen molar-refractivity contribution in [2.24, 2.45) is 5.92 Å². The fraction of sp³-hybridized carbons (Fsp3) is 0.647. The lowest BCUT2D eigenvalue weighted by atomic mass is 9.89. The fourth-order valence-electron chi connectivity index (χ4n) is 3.86. The zero-order valence-corrected chi connectivity index (χ0v) is 16.8. The highest BCUT2D eigenvalue weighted by Crippen LogP contribution is 2.42. The molecule has 23 heavy (non-hydrogen) atoms. The Balaban J connectivity index is 0.00000132. The largest absolute Gasteiger partial charge is 0.497 e. The van der Waals surface area contributed by atoms with Crippen molar-refractivity contribution in [1.29, 1.82) is 0 Å². The summed E-state index contributed by atoms with van der Waals surface area (Å²) in [6.45, 7) is 4.49. The van der Waals surface area contributed by atoms with Crippen LogP contribution < -0.4 is 10.1 Å². The molecule has 1 aliphatic carbocycles. The molecule has 0 bridgehead atoms. The summed E-state index contributed by atoms with van der Waals surface area (Å²) in [7, 11) is 1.75. The normalized spacial score (nSPS) is 20.4. The average molecular weight is 426 g/mol. The van der Waals surface area contributed by atoms with Crippen LogP contribution in [0.4, 0.5) is 0 Å². The van der Waals surface area contributed by atoms with Crippen LogP contribution in [0, 0.1) is 5.92 Å². The smallest absolute Gasteiger partial charge is 0.119 e. The molecule has 3 nitrogen and oxygen atoms in total. The van der Waals surface area contributed by atoms with Crippen LogP contribution in [0.5, 0.6) is 5.75 Å². The first-order chi connectivity index (χ1) is 10.3. The van der Waals surface area contributed by atoms with Crippen LogP contribution in [0.1, 0.15) is 37.3 Å². The van der Waals surface area contributed by atoms with Crippen LogP contribution >= 0.6 is 40.7 Å². The molecule has 6 heteroatoms. The minimum Gasteiger partial charge on any atom is -0.497 e. The molecule has 1 aromatic carbocycles. The highest BCUT2D eigenvalue weighted by molar-refractivity contribution is 9.10. The van der Waals surface area contributed by atoms with Crippen molar-refractivity contribution in [2.75, 3.05) is 33.3 Å². The monoisotopic (exact) mass is 424 g/mol. The van der Waals surface area contributed by atoms with Gasteiger partial charge in [-0.15, -0.1) is 24.8 Å². The Hall–Kier alpha value is -0.000000000000000111. The van der Waals surface area contributed by atoms with E-state index in [9.17, 15) is 0 Å². The van der Waals surface area contributed by atoms with Gasteiger partial charge in [0.15, 0.2) is 0 Å². The molecule has 1 aromatic rings. The van der Waals surface area contributed by atoms with Gasteiger partial charge in [-0.3, -0.25) is 4.90 Å². The second-order valence-electron chi connectivity index (χ2n) is 6.16. The van der Waals surface area contributed by atoms with Crippen molar-refractivity contribution in [3.63, 3.8) is 0 Å². The van der Waals surface area contributed by atoms with Gasteiger partial charge in [-0.1, -0.05) is 28.8 Å². The Morgan fingerprint density at radius 2 is 1.83 bits per heavy atom. The van der Waals surface area contributed by atoms with E-state index in [4.69, 9.17) is 4.74 Å². The van der Waals surface area contributed by atoms with Gasteiger partial charge >= 0.3 is 0 Å². The molecule has 0 unspecified atom stereocenters. The Morgan fingerprint density at radius 1 is 1.17 bits per heavy atom. The van der Waals surface area contributed by atoms with E-state index in [1.807, 2.05) is 6.07 Å². The number of nitrogens with one attached hydrogen (secondary N) is 1. The third-order valence-electron chi connectivity index (χ3n) is 4.91. The van der Waals surface area contributed by atoms with Gasteiger partial charge in [-0.25, -0.2) is 0 Å². The lowest BCUT2D eigenvalue weighted by Gasteiger charge is -2.39. The van der Waals surface area contributed by atoms with E-state index in [1.54, 1.807) is 7.11 Å². The zero-order chi connectivity index (χ0) is 14.7. The summed E-state index contributed by atoms with van der Waals surface area (Å²) in [6, 6.07) is 6.93. The molecule has 2 aliphatic rings. The van der Waals surface area contributed by atoms with Crippen LogP contribution in [0.2, 0.25) is 0 Å². The Labute approximate surface area is 160 Å². The van der Waals surface area contributed by atoms with E-state index in [1.165, 1.54) is 35.7 Å². The molecule has 1 saturated heterocycles. The van der Waals surface area contributed by atoms with Crippen LogP contribution in [0.25, 0.3) is 0 Å². The number of benzene rings is 1. The van der Waals surface area contributed by atoms with E-state index in [0.717, 1.165) is 37.8 Å². The van der Waals surface area contributed by atoms with Gasteiger partial charge in [0.2, 0.25) is 0 Å². The molecule has 132 valence electrons. The Bertz CT molecular complexity index is 478. The minimum atomic E-state index is 0. The first-order valence-corrected chi connectivity index (χ1v) is 8.87. The number of hydrogen-bond donors (Lipinski definition) is 1. The van der Waals surface area contributed by atoms with E-state index < -0.39 is 0 Å². The number of hydrogen-bond acceptors (Lipinski definition) is 3. The molecule has 1 aliphatic heterocycles. The van der Waals surface area contributed by atoms with Crippen molar-refractivity contribution in [3.05, 3.63) is 28.2 Å². The maximum Gasteiger partial charge on any atom is 0.119 e. The van der Waals surface area contributed by atoms with E-state index in [0.29, 0.717) is 6.04 Å². The van der Waals surface area contributed by atoms with Crippen LogP contribution in [-0.2, 0) is 0 Å². The van der Waals surface area contributed by atoms with Gasteiger partial charge in [0.05, 0.1) is 7.11 Å². The lowest BCUT2D eigenvalue weighted by molar-refractivity contribution is 0.125. The molecule has 0 radical (unpaired) electrons. The predicted molar refractivity (Wildman–Crippen MR) is 104 cm³/mol. The lowest BCUT2D eigenvalue weighted by Crippen LogP contribution is -2.46. The molecule has 1 N–H and O–H groups in total. The Kier molecular flexibility index (Phi) is 9.24. The molecular formula is C17H27BrCl2N2O. The molecule has 1 atom stereocenters. The highest BCUT2D eigenvalue weighted by atomic mass is 79.9. The Morgan fingerprint density at radius 3 is 2.43 bits per heavy atom. The number of piperazine rings is 1. The van der Waals surface area contributed by atoms with Crippen LogP contribution in [0.15, 0.2) is 22.7 Å². The molecule has 0 spiro atoms. The summed E-state index contributed by atoms with van der Waals surface area (Å²) in [5.41, 5.74) is 1.41. The summed E-state index contributed by atoms with van der Waals surface area (Å²) in [5, 5.41) is 3.47. The van der Waals surface area contributed by atoms with Gasteiger partial charge < -0.3 is 10.1 Å². The van der Waals surface area contributed by atoms with E-state index in [2.05, 4.69) is 38.3 Å². The molecule has 1 heterocycles. The third kappa shape index (κ3) is 4.99. The molecular weight excluding hydrogens is 399 g/mol. The number of methoxy groups -OCH3 is 1. The predicted octanol–water partition coefficient (Wildman–Crippen LogP) is 4.44. The standard InChI is InChI=1S/C17H25BrN2O.2ClH/c1-21-14-6-7-16(18)15(12-14)17(13-4-2-3-5-13)20-10-8-19-9-11-20;;/h6-7,12-13,17,19H,2-5,8-11H2,1H3;2*1H/t17-;;/m0../s1. The molecule has 1 saturated carbocycles. The van der Waals surface area contributed by atoms with Gasteiger partial charge in [-0.2, -0.15) is 0 Å². The zero-order valence-electron chi connectivity index (χ0n) is 13.6. The molecule has 2 fully saturated rings. The summed E-state index contributed by atoms with van der Waals surface area (Å²) >= 11 is 3.78. The van der Waals surface area contributed by atoms with Crippen molar-refractivity contribution >= 4 is 40.7 Å². The quantitative estimate of drug-likeness (QED) is 0.771. The van der Waals surface area contributed by atoms with Crippen molar-refractivity contribution in [1.82, 2.24) is 10.2 Å². The summed E-state index contributed by atoms with van der Waals surface area (Å²) < 4.78 is 6.68. The molecule has 0 aromatic heterocycles. The second-order valence-corrected chi connectivity index (χ2v) is 7.02. The van der Waals surface area contributed by atoms with E-state index in [-0.39, 0.29) is 24.8 Å². The topological polar surface area (TPSA) is 24.5 Å². The van der Waals surface area contributed by atoms with Crippen LogP contribution in [-0.4, -0.2) is 38.2 Å². The van der Waals surface area contributed by atoms with Crippen molar-refractivity contribution in [2.45, 2.75) is 31.7 Å². The molecule has 3 rings (SSSR count). The number of nitrogens with zero attached hydrogens (tertiary/aromatic N) is 1. The third-order valence-corrected chi connectivity index (χ3v) is 5.64. The number of rotatable bonds is 4. The minimum absolute atomic E-state index is 0. The van der Waals surface area contributed by atoms with Gasteiger partial charge in [0, 0.05) is 36.7 Å².